The van der Waals surface area contributed by atoms with Crippen LogP contribution in [0.15, 0.2) is 103 Å². The van der Waals surface area contributed by atoms with Gasteiger partial charge in [0.15, 0.2) is 17.6 Å². The summed E-state index contributed by atoms with van der Waals surface area (Å²) in [6, 6.07) is 31.3. The number of rotatable bonds is 10. The van der Waals surface area contributed by atoms with E-state index in [0.29, 0.717) is 42.9 Å². The summed E-state index contributed by atoms with van der Waals surface area (Å²) in [5.74, 6) is 2.72. The Bertz CT molecular complexity index is 2310. The van der Waals surface area contributed by atoms with Crippen molar-refractivity contribution in [3.63, 3.8) is 0 Å². The number of pyridine rings is 1. The normalized spacial score (nSPS) is 20.3. The molecule has 3 aliphatic rings. The van der Waals surface area contributed by atoms with Gasteiger partial charge in [0.1, 0.15) is 18.4 Å². The second-order valence-corrected chi connectivity index (χ2v) is 18.2. The van der Waals surface area contributed by atoms with E-state index in [9.17, 15) is 9.59 Å². The SMILES string of the molecule is Cc1nccc(-c2ccc(CCNC(=O)C3Cc4cc5c(cc4CN3C(=O)N[C@H](C)c3ccccc3)OC(c3ccc(OC4CCC(C(C)(C)C)CC4)cc3)CO5)cc2)c1C. The largest absolute Gasteiger partial charge is 0.490 e. The lowest BCUT2D eigenvalue weighted by Gasteiger charge is -2.38. The molecule has 61 heavy (non-hydrogen) atoms. The van der Waals surface area contributed by atoms with Crippen LogP contribution in [0.4, 0.5) is 4.79 Å². The van der Waals surface area contributed by atoms with Crippen LogP contribution in [0.25, 0.3) is 11.1 Å². The number of amides is 3. The molecule has 9 nitrogen and oxygen atoms in total. The fourth-order valence-corrected chi connectivity index (χ4v) is 9.11. The van der Waals surface area contributed by atoms with E-state index < -0.39 is 6.04 Å². The number of nitrogens with one attached hydrogen (secondary N) is 2. The molecule has 1 aliphatic carbocycles. The zero-order chi connectivity index (χ0) is 42.7. The standard InChI is InChI=1S/C52H60N4O5/c1-33-34(2)53-27-25-45(33)38-14-12-36(13-15-38)24-26-54-50(57)46-28-40-29-47-48(30-41(40)31-56(46)51(58)55-35(3)37-10-8-7-9-11-37)61-49(32-59-47)39-16-20-43(21-17-39)60-44-22-18-42(19-23-44)52(4,5)6/h7-17,20-21,25,27,29-30,35,42,44,46,49H,18-19,22-24,26,28,31-32H2,1-6H3,(H,54,57)(H,55,58)/t35-,42?,44?,46?,49?/m1/s1. The zero-order valence-electron chi connectivity index (χ0n) is 36.5. The van der Waals surface area contributed by atoms with Crippen molar-refractivity contribution in [2.45, 2.75) is 111 Å². The van der Waals surface area contributed by atoms with Gasteiger partial charge in [0, 0.05) is 31.4 Å². The van der Waals surface area contributed by atoms with Gasteiger partial charge >= 0.3 is 6.03 Å². The summed E-state index contributed by atoms with van der Waals surface area (Å²) in [6.45, 7) is 14.2. The van der Waals surface area contributed by atoms with Crippen molar-refractivity contribution in [1.29, 1.82) is 0 Å². The van der Waals surface area contributed by atoms with Crippen molar-refractivity contribution in [2.75, 3.05) is 13.2 Å². The predicted octanol–water partition coefficient (Wildman–Crippen LogP) is 10.4. The van der Waals surface area contributed by atoms with Crippen molar-refractivity contribution in [2.24, 2.45) is 11.3 Å². The minimum absolute atomic E-state index is 0.187. The van der Waals surface area contributed by atoms with Crippen LogP contribution < -0.4 is 24.8 Å². The molecule has 0 spiro atoms. The van der Waals surface area contributed by atoms with E-state index in [0.717, 1.165) is 63.6 Å². The number of fused-ring (bicyclic) bond motifs is 2. The highest BCUT2D eigenvalue weighted by atomic mass is 16.6. The Labute approximate surface area is 361 Å². The second kappa shape index (κ2) is 18.0. The van der Waals surface area contributed by atoms with Crippen LogP contribution in [0.1, 0.15) is 105 Å². The average molecular weight is 821 g/mol. The van der Waals surface area contributed by atoms with Crippen molar-refractivity contribution in [1.82, 2.24) is 20.5 Å². The third kappa shape index (κ3) is 9.72. The number of carbonyl (C=O) groups is 2. The molecule has 1 aromatic heterocycles. The van der Waals surface area contributed by atoms with E-state index in [1.807, 2.05) is 80.7 Å². The molecule has 0 radical (unpaired) electrons. The van der Waals surface area contributed by atoms with Gasteiger partial charge in [-0.2, -0.15) is 0 Å². The second-order valence-electron chi connectivity index (χ2n) is 18.2. The summed E-state index contributed by atoms with van der Waals surface area (Å²) >= 11 is 0. The molecular weight excluding hydrogens is 761 g/mol. The molecule has 1 fully saturated rings. The molecule has 9 heteroatoms. The number of carbonyl (C=O) groups excluding carboxylic acids is 2. The lowest BCUT2D eigenvalue weighted by atomic mass is 9.72. The zero-order valence-corrected chi connectivity index (χ0v) is 36.5. The predicted molar refractivity (Wildman–Crippen MR) is 240 cm³/mol. The average Bonchev–Trinajstić information content (AvgIpc) is 3.26. The van der Waals surface area contributed by atoms with Crippen LogP contribution in [0.3, 0.4) is 0 Å². The number of hydrogen-bond acceptors (Lipinski definition) is 6. The van der Waals surface area contributed by atoms with E-state index in [1.54, 1.807) is 4.90 Å². The molecule has 0 bridgehead atoms. The molecule has 0 saturated heterocycles. The molecule has 3 atom stereocenters. The van der Waals surface area contributed by atoms with Gasteiger partial charge in [-0.05, 0) is 139 Å². The van der Waals surface area contributed by atoms with E-state index >= 15 is 0 Å². The maximum Gasteiger partial charge on any atom is 0.318 e. The van der Waals surface area contributed by atoms with Gasteiger partial charge in [0.05, 0.1) is 12.1 Å². The summed E-state index contributed by atoms with van der Waals surface area (Å²) in [5.41, 5.74) is 9.86. The molecular formula is C52H60N4O5. The summed E-state index contributed by atoms with van der Waals surface area (Å²) < 4.78 is 19.3. The summed E-state index contributed by atoms with van der Waals surface area (Å²) in [7, 11) is 0. The molecule has 8 rings (SSSR count). The molecule has 3 heterocycles. The summed E-state index contributed by atoms with van der Waals surface area (Å²) in [4.78, 5) is 34.2. The number of nitrogens with zero attached hydrogens (tertiary/aromatic N) is 2. The van der Waals surface area contributed by atoms with E-state index in [4.69, 9.17) is 14.2 Å². The lowest BCUT2D eigenvalue weighted by Crippen LogP contribution is -2.55. The van der Waals surface area contributed by atoms with Crippen LogP contribution in [0.5, 0.6) is 17.2 Å². The van der Waals surface area contributed by atoms with Crippen LogP contribution in [-0.2, 0) is 24.2 Å². The number of hydrogen-bond donors (Lipinski definition) is 2. The van der Waals surface area contributed by atoms with Gasteiger partial charge < -0.3 is 29.7 Å². The Morgan fingerprint density at radius 1 is 0.885 bits per heavy atom. The van der Waals surface area contributed by atoms with Gasteiger partial charge in [-0.1, -0.05) is 87.5 Å². The Hall–Kier alpha value is -5.83. The number of aryl methyl sites for hydroxylation is 1. The first kappa shape index (κ1) is 41.9. The minimum Gasteiger partial charge on any atom is -0.490 e. The maximum atomic E-state index is 14.1. The third-order valence-corrected chi connectivity index (χ3v) is 13.1. The highest BCUT2D eigenvalue weighted by Gasteiger charge is 2.37. The maximum absolute atomic E-state index is 14.1. The first-order chi connectivity index (χ1) is 29.4. The molecule has 2 aliphatic heterocycles. The van der Waals surface area contributed by atoms with Gasteiger partial charge in [0.2, 0.25) is 5.91 Å². The smallest absolute Gasteiger partial charge is 0.318 e. The number of benzene rings is 4. The number of ether oxygens (including phenoxy) is 3. The highest BCUT2D eigenvalue weighted by Crippen LogP contribution is 2.42. The Morgan fingerprint density at radius 2 is 1.61 bits per heavy atom. The molecule has 4 aromatic carbocycles. The van der Waals surface area contributed by atoms with Crippen LogP contribution in [0, 0.1) is 25.2 Å². The van der Waals surface area contributed by atoms with E-state index in [2.05, 4.69) is 79.7 Å². The number of aromatic nitrogens is 1. The van der Waals surface area contributed by atoms with Gasteiger partial charge in [0.25, 0.3) is 0 Å². The fraction of sp³-hybridized carbons (Fsp3) is 0.404. The molecule has 5 aromatic rings. The molecule has 1 saturated carbocycles. The fourth-order valence-electron chi connectivity index (χ4n) is 9.11. The Kier molecular flexibility index (Phi) is 12.4. The van der Waals surface area contributed by atoms with Crippen LogP contribution in [-0.4, -0.2) is 47.1 Å². The molecule has 2 N–H and O–H groups in total. The van der Waals surface area contributed by atoms with Crippen molar-refractivity contribution >= 4 is 11.9 Å². The van der Waals surface area contributed by atoms with Gasteiger partial charge in [-0.15, -0.1) is 0 Å². The van der Waals surface area contributed by atoms with Crippen LogP contribution in [0.2, 0.25) is 0 Å². The Balaban J connectivity index is 0.934. The van der Waals surface area contributed by atoms with Crippen LogP contribution >= 0.6 is 0 Å². The third-order valence-electron chi connectivity index (χ3n) is 13.1. The monoisotopic (exact) mass is 820 g/mol. The quantitative estimate of drug-likeness (QED) is 0.146. The van der Waals surface area contributed by atoms with E-state index in [-0.39, 0.29) is 36.7 Å². The van der Waals surface area contributed by atoms with Crippen molar-refractivity contribution in [3.05, 3.63) is 142 Å². The number of urea groups is 1. The Morgan fingerprint density at radius 3 is 2.33 bits per heavy atom. The lowest BCUT2D eigenvalue weighted by molar-refractivity contribution is -0.125. The van der Waals surface area contributed by atoms with Crippen molar-refractivity contribution in [3.8, 4) is 28.4 Å². The topological polar surface area (TPSA) is 102 Å². The summed E-state index contributed by atoms with van der Waals surface area (Å²) in [5, 5.41) is 6.31. The molecule has 318 valence electrons. The first-order valence-electron chi connectivity index (χ1n) is 22.0. The highest BCUT2D eigenvalue weighted by molar-refractivity contribution is 5.88. The molecule has 2 unspecified atom stereocenters. The minimum atomic E-state index is -0.708. The van der Waals surface area contributed by atoms with E-state index in [1.165, 1.54) is 24.0 Å². The van der Waals surface area contributed by atoms with Crippen molar-refractivity contribution < 1.29 is 23.8 Å². The van der Waals surface area contributed by atoms with Gasteiger partial charge in [-0.25, -0.2) is 4.79 Å². The first-order valence-corrected chi connectivity index (χ1v) is 22.0. The van der Waals surface area contributed by atoms with Gasteiger partial charge in [-0.3, -0.25) is 9.78 Å². The molecule has 3 amide bonds. The summed E-state index contributed by atoms with van der Waals surface area (Å²) in [6.07, 6.45) is 7.40.